The van der Waals surface area contributed by atoms with Gasteiger partial charge < -0.3 is 0 Å². The van der Waals surface area contributed by atoms with E-state index in [0.29, 0.717) is 0 Å². The first kappa shape index (κ1) is 13.1. The van der Waals surface area contributed by atoms with Gasteiger partial charge in [0.05, 0.1) is 0 Å². The Morgan fingerprint density at radius 1 is 1.38 bits per heavy atom. The molecule has 1 aliphatic rings. The number of hydrogen-bond donors (Lipinski definition) is 0. The first-order chi connectivity index (χ1) is 7.81. The van der Waals surface area contributed by atoms with E-state index in [9.17, 15) is 0 Å². The number of rotatable bonds is 5. The van der Waals surface area contributed by atoms with Gasteiger partial charge in [-0.25, -0.2) is 0 Å². The highest BCUT2D eigenvalue weighted by Crippen LogP contribution is 2.29. The maximum absolute atomic E-state index is 3.63. The average Bonchev–Trinajstić information content (AvgIpc) is 2.90. The second-order valence-electron chi connectivity index (χ2n) is 4.29. The number of thiophene rings is 1. The third-order valence-corrected chi connectivity index (χ3v) is 5.52. The van der Waals surface area contributed by atoms with E-state index in [4.69, 9.17) is 0 Å². The molecule has 0 spiro atoms. The molecule has 90 valence electrons. The van der Waals surface area contributed by atoms with Crippen LogP contribution >= 0.6 is 43.2 Å². The third-order valence-electron chi connectivity index (χ3n) is 3.25. The number of halogens is 2. The molecule has 0 amide bonds. The van der Waals surface area contributed by atoms with Crippen LogP contribution < -0.4 is 0 Å². The summed E-state index contributed by atoms with van der Waals surface area (Å²) in [6.45, 7) is 2.27. The van der Waals surface area contributed by atoms with E-state index < -0.39 is 0 Å². The first-order valence-corrected chi connectivity index (χ1v) is 8.62. The Morgan fingerprint density at radius 2 is 2.12 bits per heavy atom. The fourth-order valence-corrected chi connectivity index (χ4v) is 4.35. The van der Waals surface area contributed by atoms with Gasteiger partial charge in [-0.15, -0.1) is 11.3 Å². The van der Waals surface area contributed by atoms with Gasteiger partial charge in [0.15, 0.2) is 0 Å². The van der Waals surface area contributed by atoms with Crippen LogP contribution in [0.5, 0.6) is 0 Å². The van der Waals surface area contributed by atoms with Gasteiger partial charge in [0.25, 0.3) is 0 Å². The fourth-order valence-electron chi connectivity index (χ4n) is 2.39. The van der Waals surface area contributed by atoms with Crippen molar-refractivity contribution in [3.8, 4) is 0 Å². The van der Waals surface area contributed by atoms with Crippen molar-refractivity contribution in [2.45, 2.75) is 38.3 Å². The highest BCUT2D eigenvalue weighted by atomic mass is 79.9. The summed E-state index contributed by atoms with van der Waals surface area (Å²) in [5.41, 5.74) is 0. The summed E-state index contributed by atoms with van der Waals surface area (Å²) in [5, 5.41) is 3.24. The summed E-state index contributed by atoms with van der Waals surface area (Å²) in [4.78, 5) is 4.10. The zero-order valence-corrected chi connectivity index (χ0v) is 13.3. The van der Waals surface area contributed by atoms with Crippen LogP contribution in [0.2, 0.25) is 0 Å². The Balaban J connectivity index is 1.99. The minimum absolute atomic E-state index is 0.812. The Morgan fingerprint density at radius 3 is 2.69 bits per heavy atom. The topological polar surface area (TPSA) is 3.24 Å². The smallest absolute Gasteiger partial charge is 0.0342 e. The minimum atomic E-state index is 0.812. The molecule has 16 heavy (non-hydrogen) atoms. The van der Waals surface area contributed by atoms with Crippen LogP contribution in [0.4, 0.5) is 0 Å². The lowest BCUT2D eigenvalue weighted by molar-refractivity contribution is 0.204. The minimum Gasteiger partial charge on any atom is -0.294 e. The molecule has 1 nitrogen and oxygen atoms in total. The summed E-state index contributed by atoms with van der Waals surface area (Å²) in [5.74, 6) is 0. The van der Waals surface area contributed by atoms with Crippen molar-refractivity contribution in [2.24, 2.45) is 0 Å². The molecule has 0 aliphatic heterocycles. The molecule has 0 N–H and O–H groups in total. The van der Waals surface area contributed by atoms with Gasteiger partial charge in [0, 0.05) is 33.8 Å². The van der Waals surface area contributed by atoms with Crippen molar-refractivity contribution in [3.05, 3.63) is 20.8 Å². The van der Waals surface area contributed by atoms with E-state index in [1.807, 2.05) is 11.3 Å². The summed E-state index contributed by atoms with van der Waals surface area (Å²) in [7, 11) is 0. The second-order valence-corrected chi connectivity index (χ2v) is 6.94. The molecule has 4 heteroatoms. The van der Waals surface area contributed by atoms with Gasteiger partial charge in [-0.05, 0) is 40.2 Å². The lowest BCUT2D eigenvalue weighted by Gasteiger charge is -2.27. The third kappa shape index (κ3) is 3.31. The fraction of sp³-hybridized carbons (Fsp3) is 0.667. The van der Waals surface area contributed by atoms with E-state index in [0.717, 1.165) is 24.5 Å². The van der Waals surface area contributed by atoms with E-state index >= 15 is 0 Å². The van der Waals surface area contributed by atoms with Crippen molar-refractivity contribution in [1.82, 2.24) is 4.90 Å². The highest BCUT2D eigenvalue weighted by Gasteiger charge is 2.22. The number of alkyl halides is 1. The Labute approximate surface area is 118 Å². The van der Waals surface area contributed by atoms with Crippen molar-refractivity contribution in [1.29, 1.82) is 0 Å². The van der Waals surface area contributed by atoms with Gasteiger partial charge >= 0.3 is 0 Å². The first-order valence-electron chi connectivity index (χ1n) is 5.83. The molecule has 0 unspecified atom stereocenters. The van der Waals surface area contributed by atoms with Crippen molar-refractivity contribution in [2.75, 3.05) is 11.9 Å². The van der Waals surface area contributed by atoms with Crippen LogP contribution in [-0.2, 0) is 6.54 Å². The van der Waals surface area contributed by atoms with E-state index in [2.05, 4.69) is 48.2 Å². The maximum Gasteiger partial charge on any atom is 0.0342 e. The van der Waals surface area contributed by atoms with Crippen LogP contribution in [0.15, 0.2) is 15.9 Å². The molecule has 0 saturated heterocycles. The maximum atomic E-state index is 3.63. The molecular formula is C12H17Br2NS. The Hall–Kier alpha value is 0.620. The van der Waals surface area contributed by atoms with Crippen molar-refractivity contribution >= 4 is 43.2 Å². The molecule has 0 bridgehead atoms. The quantitative estimate of drug-likeness (QED) is 0.685. The second kappa shape index (κ2) is 6.53. The number of nitrogens with zero attached hydrogens (tertiary/aromatic N) is 1. The molecule has 0 radical (unpaired) electrons. The lowest BCUT2D eigenvalue weighted by Crippen LogP contribution is -2.34. The van der Waals surface area contributed by atoms with Crippen LogP contribution in [0.25, 0.3) is 0 Å². The van der Waals surface area contributed by atoms with Crippen LogP contribution in [0.3, 0.4) is 0 Å². The van der Waals surface area contributed by atoms with Crippen LogP contribution in [-0.4, -0.2) is 22.8 Å². The van der Waals surface area contributed by atoms with Gasteiger partial charge in [-0.1, -0.05) is 28.8 Å². The molecular weight excluding hydrogens is 350 g/mol. The molecule has 0 atom stereocenters. The Kier molecular flexibility index (Phi) is 5.33. The summed E-state index contributed by atoms with van der Waals surface area (Å²) in [6, 6.07) is 2.97. The van der Waals surface area contributed by atoms with E-state index in [1.165, 1.54) is 35.0 Å². The molecule has 1 aromatic rings. The molecule has 2 rings (SSSR count). The van der Waals surface area contributed by atoms with Crippen molar-refractivity contribution in [3.63, 3.8) is 0 Å². The molecule has 1 aliphatic carbocycles. The van der Waals surface area contributed by atoms with E-state index in [-0.39, 0.29) is 0 Å². The average molecular weight is 367 g/mol. The standard InChI is InChI=1S/C12H17Br2NS/c13-6-7-15(10-3-1-2-4-10)9-12-11(14)5-8-16-12/h5,8,10H,1-4,6-7,9H2. The summed E-state index contributed by atoms with van der Waals surface area (Å²) >= 11 is 9.05. The van der Waals surface area contributed by atoms with Crippen LogP contribution in [0, 0.1) is 0 Å². The monoisotopic (exact) mass is 365 g/mol. The molecule has 1 heterocycles. The molecule has 1 fully saturated rings. The predicted molar refractivity (Wildman–Crippen MR) is 78.5 cm³/mol. The zero-order chi connectivity index (χ0) is 11.4. The molecule has 1 aromatic heterocycles. The van der Waals surface area contributed by atoms with Gasteiger partial charge in [-0.3, -0.25) is 4.90 Å². The number of hydrogen-bond acceptors (Lipinski definition) is 2. The Bertz CT molecular complexity index is 321. The SMILES string of the molecule is BrCCN(Cc1sccc1Br)C1CCCC1. The molecule has 0 aromatic carbocycles. The summed E-state index contributed by atoms with van der Waals surface area (Å²) in [6.07, 6.45) is 5.59. The highest BCUT2D eigenvalue weighted by molar-refractivity contribution is 9.10. The molecule has 1 saturated carbocycles. The van der Waals surface area contributed by atoms with Crippen LogP contribution in [0.1, 0.15) is 30.6 Å². The normalized spacial score (nSPS) is 17.4. The summed E-state index contributed by atoms with van der Waals surface area (Å²) < 4.78 is 1.27. The largest absolute Gasteiger partial charge is 0.294 e. The zero-order valence-electron chi connectivity index (χ0n) is 9.29. The predicted octanol–water partition coefficient (Wildman–Crippen LogP) is 4.65. The lowest BCUT2D eigenvalue weighted by atomic mass is 10.2. The van der Waals surface area contributed by atoms with Crippen molar-refractivity contribution < 1.29 is 0 Å². The van der Waals surface area contributed by atoms with E-state index in [1.54, 1.807) is 0 Å². The van der Waals surface area contributed by atoms with Gasteiger partial charge in [-0.2, -0.15) is 0 Å². The van der Waals surface area contributed by atoms with Gasteiger partial charge in [0.1, 0.15) is 0 Å². The van der Waals surface area contributed by atoms with Gasteiger partial charge in [0.2, 0.25) is 0 Å².